The van der Waals surface area contributed by atoms with Crippen LogP contribution < -0.4 is 10.2 Å². The maximum Gasteiger partial charge on any atom is 0.418 e. The summed E-state index contributed by atoms with van der Waals surface area (Å²) in [6, 6.07) is 10.8. The second-order valence-corrected chi connectivity index (χ2v) is 7.57. The molecule has 6 nitrogen and oxygen atoms in total. The first kappa shape index (κ1) is 21.9. The normalized spacial score (nSPS) is 16.3. The molecule has 0 unspecified atom stereocenters. The number of benzene rings is 2. The van der Waals surface area contributed by atoms with E-state index in [1.54, 1.807) is 30.3 Å². The van der Waals surface area contributed by atoms with E-state index in [2.05, 4.69) is 11.9 Å². The third-order valence-electron chi connectivity index (χ3n) is 5.56. The Balaban J connectivity index is 1.45. The van der Waals surface area contributed by atoms with E-state index in [1.807, 2.05) is 4.90 Å². The maximum absolute atomic E-state index is 13.7. The lowest BCUT2D eigenvalue weighted by atomic mass is 10.1. The van der Waals surface area contributed by atoms with Crippen LogP contribution in [0.2, 0.25) is 0 Å². The van der Waals surface area contributed by atoms with Gasteiger partial charge in [-0.2, -0.15) is 13.2 Å². The lowest BCUT2D eigenvalue weighted by molar-refractivity contribution is -0.136. The highest BCUT2D eigenvalue weighted by Gasteiger charge is 2.35. The van der Waals surface area contributed by atoms with Crippen LogP contribution in [0.4, 0.5) is 24.5 Å². The molecule has 2 aromatic carbocycles. The number of amides is 2. The van der Waals surface area contributed by atoms with E-state index < -0.39 is 17.6 Å². The molecule has 0 radical (unpaired) electrons. The van der Waals surface area contributed by atoms with Gasteiger partial charge in [0.25, 0.3) is 5.91 Å². The maximum atomic E-state index is 13.7. The largest absolute Gasteiger partial charge is 0.418 e. The fourth-order valence-electron chi connectivity index (χ4n) is 3.89. The highest BCUT2D eigenvalue weighted by Crippen LogP contribution is 2.38. The molecule has 1 fully saturated rings. The van der Waals surface area contributed by atoms with Gasteiger partial charge in [-0.15, -0.1) is 0 Å². The molecule has 2 heterocycles. The summed E-state index contributed by atoms with van der Waals surface area (Å²) in [5.74, 6) is -0.893. The first-order chi connectivity index (χ1) is 15.3. The van der Waals surface area contributed by atoms with Crippen LogP contribution in [-0.2, 0) is 15.7 Å². The fraction of sp³-hybridized carbons (Fsp3) is 0.304. The molecule has 0 spiro atoms. The van der Waals surface area contributed by atoms with E-state index in [-0.39, 0.29) is 24.6 Å². The van der Waals surface area contributed by atoms with Crippen molar-refractivity contribution in [1.82, 2.24) is 4.90 Å². The number of fused-ring (bicyclic) bond motifs is 1. The van der Waals surface area contributed by atoms with E-state index in [0.717, 1.165) is 6.07 Å². The van der Waals surface area contributed by atoms with Crippen molar-refractivity contribution >= 4 is 28.9 Å². The number of nitrogens with zero attached hydrogens (tertiary/aromatic N) is 2. The molecule has 0 saturated carbocycles. The Hall–Kier alpha value is -3.33. The lowest BCUT2D eigenvalue weighted by Gasteiger charge is -2.29. The van der Waals surface area contributed by atoms with Gasteiger partial charge in [0.2, 0.25) is 5.91 Å². The minimum Gasteiger partial charge on any atom is -0.378 e. The molecule has 1 saturated heterocycles. The predicted octanol–water partition coefficient (Wildman–Crippen LogP) is 4.00. The highest BCUT2D eigenvalue weighted by atomic mass is 19.4. The van der Waals surface area contributed by atoms with Crippen LogP contribution >= 0.6 is 0 Å². The first-order valence-electron chi connectivity index (χ1n) is 10.2. The van der Waals surface area contributed by atoms with E-state index in [0.29, 0.717) is 48.8 Å². The average Bonchev–Trinajstić information content (AvgIpc) is 3.02. The van der Waals surface area contributed by atoms with E-state index in [1.165, 1.54) is 11.0 Å². The van der Waals surface area contributed by atoms with Gasteiger partial charge in [-0.05, 0) is 24.3 Å². The molecular weight excluding hydrogens is 423 g/mol. The van der Waals surface area contributed by atoms with Crippen LogP contribution in [0.25, 0.3) is 5.70 Å². The summed E-state index contributed by atoms with van der Waals surface area (Å²) in [5, 5.41) is 2.35. The number of alkyl halides is 3. The van der Waals surface area contributed by atoms with Crippen LogP contribution in [0.1, 0.15) is 27.9 Å². The summed E-state index contributed by atoms with van der Waals surface area (Å²) in [4.78, 5) is 28.2. The molecule has 0 aromatic heterocycles. The van der Waals surface area contributed by atoms with Gasteiger partial charge in [0.1, 0.15) is 0 Å². The summed E-state index contributed by atoms with van der Waals surface area (Å²) < 4.78 is 46.3. The van der Waals surface area contributed by atoms with E-state index >= 15 is 0 Å². The van der Waals surface area contributed by atoms with Crippen LogP contribution in [0.5, 0.6) is 0 Å². The van der Waals surface area contributed by atoms with E-state index in [9.17, 15) is 22.8 Å². The number of halogens is 3. The van der Waals surface area contributed by atoms with Crippen molar-refractivity contribution in [3.8, 4) is 0 Å². The van der Waals surface area contributed by atoms with Gasteiger partial charge in [0.05, 0.1) is 24.5 Å². The van der Waals surface area contributed by atoms with Crippen molar-refractivity contribution in [2.24, 2.45) is 0 Å². The Labute approximate surface area is 183 Å². The van der Waals surface area contributed by atoms with Gasteiger partial charge in [-0.1, -0.05) is 24.8 Å². The van der Waals surface area contributed by atoms with Gasteiger partial charge >= 0.3 is 6.18 Å². The summed E-state index contributed by atoms with van der Waals surface area (Å²) in [6.07, 6.45) is -4.80. The molecule has 9 heteroatoms. The van der Waals surface area contributed by atoms with Gasteiger partial charge in [0.15, 0.2) is 0 Å². The van der Waals surface area contributed by atoms with Gasteiger partial charge in [-0.25, -0.2) is 0 Å². The molecule has 0 bridgehead atoms. The van der Waals surface area contributed by atoms with Gasteiger partial charge in [0, 0.05) is 48.6 Å². The Morgan fingerprint density at radius 2 is 1.78 bits per heavy atom. The molecule has 0 atom stereocenters. The van der Waals surface area contributed by atoms with Crippen molar-refractivity contribution in [2.75, 3.05) is 43.1 Å². The third-order valence-corrected chi connectivity index (χ3v) is 5.56. The monoisotopic (exact) mass is 445 g/mol. The molecule has 2 aliphatic rings. The molecule has 2 aromatic rings. The zero-order chi connectivity index (χ0) is 22.9. The number of carbonyl (C=O) groups excluding carboxylic acids is 2. The number of hydrogen-bond donors (Lipinski definition) is 1. The SMILES string of the molecule is C=C1c2ccccc2C(=O)N1CCC(=O)Nc1ccc(N2CCOCC2)cc1C(F)(F)F. The van der Waals surface area contributed by atoms with Gasteiger partial charge < -0.3 is 19.9 Å². The molecule has 168 valence electrons. The molecule has 2 aliphatic heterocycles. The van der Waals surface area contributed by atoms with Crippen molar-refractivity contribution in [3.63, 3.8) is 0 Å². The summed E-state index contributed by atoms with van der Waals surface area (Å²) in [6.45, 7) is 5.82. The Bertz CT molecular complexity index is 1030. The quantitative estimate of drug-likeness (QED) is 0.756. The Morgan fingerprint density at radius 3 is 2.44 bits per heavy atom. The molecular formula is C23H22F3N3O3. The Kier molecular flexibility index (Phi) is 5.92. The first-order valence-corrected chi connectivity index (χ1v) is 10.2. The lowest BCUT2D eigenvalue weighted by Crippen LogP contribution is -2.36. The Morgan fingerprint density at radius 1 is 1.09 bits per heavy atom. The molecule has 2 amide bonds. The minimum absolute atomic E-state index is 0.0192. The number of morpholine rings is 1. The highest BCUT2D eigenvalue weighted by molar-refractivity contribution is 6.09. The van der Waals surface area contributed by atoms with Crippen molar-refractivity contribution in [3.05, 3.63) is 65.7 Å². The van der Waals surface area contributed by atoms with Crippen molar-refractivity contribution in [2.45, 2.75) is 12.6 Å². The smallest absolute Gasteiger partial charge is 0.378 e. The average molecular weight is 445 g/mol. The van der Waals surface area contributed by atoms with Crippen LogP contribution in [-0.4, -0.2) is 49.6 Å². The number of carbonyl (C=O) groups is 2. The zero-order valence-corrected chi connectivity index (χ0v) is 17.2. The number of nitrogens with one attached hydrogen (secondary N) is 1. The van der Waals surface area contributed by atoms with Crippen molar-refractivity contribution in [1.29, 1.82) is 0 Å². The van der Waals surface area contributed by atoms with Crippen LogP contribution in [0.15, 0.2) is 49.0 Å². The van der Waals surface area contributed by atoms with Crippen LogP contribution in [0.3, 0.4) is 0 Å². The van der Waals surface area contributed by atoms with Gasteiger partial charge in [-0.3, -0.25) is 9.59 Å². The second-order valence-electron chi connectivity index (χ2n) is 7.57. The zero-order valence-electron chi connectivity index (χ0n) is 17.2. The predicted molar refractivity (Wildman–Crippen MR) is 114 cm³/mol. The van der Waals surface area contributed by atoms with E-state index in [4.69, 9.17) is 4.74 Å². The second kappa shape index (κ2) is 8.66. The fourth-order valence-corrected chi connectivity index (χ4v) is 3.89. The minimum atomic E-state index is -4.63. The van der Waals surface area contributed by atoms with Crippen molar-refractivity contribution < 1.29 is 27.5 Å². The summed E-state index contributed by atoms with van der Waals surface area (Å²) >= 11 is 0. The molecule has 4 rings (SSSR count). The summed E-state index contributed by atoms with van der Waals surface area (Å²) in [5.41, 5.74) is 0.866. The molecule has 1 N–H and O–H groups in total. The number of rotatable bonds is 5. The van der Waals surface area contributed by atoms with Crippen LogP contribution in [0, 0.1) is 0 Å². The number of ether oxygens (including phenoxy) is 1. The number of anilines is 2. The number of hydrogen-bond acceptors (Lipinski definition) is 4. The molecule has 0 aliphatic carbocycles. The molecule has 32 heavy (non-hydrogen) atoms. The third kappa shape index (κ3) is 4.34. The standard InChI is InChI=1S/C23H22F3N3O3/c1-15-17-4-2-3-5-18(17)22(31)29(15)9-8-21(30)27-20-7-6-16(14-19(20)23(24,25)26)28-10-12-32-13-11-28/h2-7,14H,1,8-13H2,(H,27,30). The summed E-state index contributed by atoms with van der Waals surface area (Å²) in [7, 11) is 0. The topological polar surface area (TPSA) is 61.9 Å².